The third-order valence-corrected chi connectivity index (χ3v) is 5.14. The summed E-state index contributed by atoms with van der Waals surface area (Å²) in [4.78, 5) is 4.43. The third-order valence-electron chi connectivity index (χ3n) is 3.22. The third kappa shape index (κ3) is 7.59. The number of rotatable bonds is 7. The Morgan fingerprint density at radius 1 is 1.26 bits per heavy atom. The maximum Gasteiger partial charge on any atom is 0.191 e. The van der Waals surface area contributed by atoms with Crippen LogP contribution in [0.4, 0.5) is 4.39 Å². The summed E-state index contributed by atoms with van der Waals surface area (Å²) in [5.74, 6) is 1.03. The number of halogens is 1. The zero-order chi connectivity index (χ0) is 17.3. The first-order chi connectivity index (χ1) is 10.8. The Hall–Kier alpha value is -1.43. The van der Waals surface area contributed by atoms with Gasteiger partial charge in [0.2, 0.25) is 0 Å². The summed E-state index contributed by atoms with van der Waals surface area (Å²) in [6.45, 7) is 9.71. The van der Waals surface area contributed by atoms with Gasteiger partial charge in [0.05, 0.1) is 6.54 Å². The second-order valence-corrected chi connectivity index (χ2v) is 8.51. The molecule has 0 bridgehead atoms. The van der Waals surface area contributed by atoms with Crippen molar-refractivity contribution in [3.63, 3.8) is 0 Å². The van der Waals surface area contributed by atoms with E-state index in [9.17, 15) is 8.60 Å². The van der Waals surface area contributed by atoms with E-state index in [1.54, 1.807) is 12.1 Å². The van der Waals surface area contributed by atoms with Crippen LogP contribution in [0.25, 0.3) is 0 Å². The average molecular weight is 341 g/mol. The van der Waals surface area contributed by atoms with E-state index in [2.05, 4.69) is 15.6 Å². The molecule has 1 rings (SSSR count). The van der Waals surface area contributed by atoms with Crippen molar-refractivity contribution in [3.05, 3.63) is 35.6 Å². The molecule has 1 aromatic rings. The Morgan fingerprint density at radius 2 is 1.96 bits per heavy atom. The number of guanidine groups is 1. The van der Waals surface area contributed by atoms with Crippen molar-refractivity contribution < 1.29 is 8.60 Å². The zero-order valence-corrected chi connectivity index (χ0v) is 15.3. The molecular weight excluding hydrogens is 313 g/mol. The molecule has 23 heavy (non-hydrogen) atoms. The minimum Gasteiger partial charge on any atom is -0.357 e. The lowest BCUT2D eigenvalue weighted by Gasteiger charge is -2.17. The molecule has 0 aromatic heterocycles. The normalized spacial score (nSPS) is 13.7. The van der Waals surface area contributed by atoms with E-state index in [0.717, 1.165) is 6.54 Å². The summed E-state index contributed by atoms with van der Waals surface area (Å²) < 4.78 is 25.3. The van der Waals surface area contributed by atoms with Crippen LogP contribution in [0.15, 0.2) is 29.3 Å². The molecule has 0 saturated carbocycles. The fraction of sp³-hybridized carbons (Fsp3) is 0.588. The molecular formula is C17H28FN3OS. The van der Waals surface area contributed by atoms with Crippen molar-refractivity contribution in [1.82, 2.24) is 10.6 Å². The molecule has 4 nitrogen and oxygen atoms in total. The Balaban J connectivity index is 2.47. The van der Waals surface area contributed by atoms with Crippen molar-refractivity contribution in [2.24, 2.45) is 4.99 Å². The zero-order valence-electron chi connectivity index (χ0n) is 14.5. The lowest BCUT2D eigenvalue weighted by atomic mass is 10.1. The highest BCUT2D eigenvalue weighted by molar-refractivity contribution is 7.86. The molecule has 0 aliphatic heterocycles. The Labute approximate surface area is 141 Å². The molecule has 130 valence electrons. The number of nitrogens with zero attached hydrogens (tertiary/aromatic N) is 1. The van der Waals surface area contributed by atoms with E-state index >= 15 is 0 Å². The van der Waals surface area contributed by atoms with Crippen LogP contribution < -0.4 is 10.6 Å². The lowest BCUT2D eigenvalue weighted by molar-refractivity contribution is 0.606. The Kier molecular flexibility index (Phi) is 8.23. The van der Waals surface area contributed by atoms with Crippen LogP contribution in [0, 0.1) is 5.82 Å². The first-order valence-corrected chi connectivity index (χ1v) is 9.30. The maximum atomic E-state index is 13.6. The predicted octanol–water partition coefficient (Wildman–Crippen LogP) is 2.47. The van der Waals surface area contributed by atoms with Gasteiger partial charge in [-0.1, -0.05) is 18.2 Å². The van der Waals surface area contributed by atoms with Crippen LogP contribution in [0.1, 0.15) is 33.3 Å². The highest BCUT2D eigenvalue weighted by Crippen LogP contribution is 2.10. The van der Waals surface area contributed by atoms with E-state index in [0.29, 0.717) is 36.8 Å². The van der Waals surface area contributed by atoms with Gasteiger partial charge in [0.25, 0.3) is 0 Å². The summed E-state index contributed by atoms with van der Waals surface area (Å²) in [6, 6.07) is 6.77. The number of benzene rings is 1. The van der Waals surface area contributed by atoms with E-state index in [1.165, 1.54) is 6.07 Å². The minimum atomic E-state index is -0.908. The van der Waals surface area contributed by atoms with Gasteiger partial charge in [0.1, 0.15) is 5.82 Å². The standard InChI is InChI=1S/C17H28FN3OS/c1-5-19-16(21-12-13-23(22)17(2,3)4)20-11-10-14-8-6-7-9-15(14)18/h6-9H,5,10-13H2,1-4H3,(H2,19,20,21). The second-order valence-electron chi connectivity index (χ2n) is 6.19. The summed E-state index contributed by atoms with van der Waals surface area (Å²) >= 11 is 0. The van der Waals surface area contributed by atoms with Crippen molar-refractivity contribution in [1.29, 1.82) is 0 Å². The van der Waals surface area contributed by atoms with Crippen LogP contribution in [0.5, 0.6) is 0 Å². The largest absolute Gasteiger partial charge is 0.357 e. The van der Waals surface area contributed by atoms with Crippen LogP contribution in [0.3, 0.4) is 0 Å². The first-order valence-electron chi connectivity index (χ1n) is 7.98. The fourth-order valence-electron chi connectivity index (χ4n) is 1.91. The molecule has 0 radical (unpaired) electrons. The van der Waals surface area contributed by atoms with Crippen LogP contribution in [-0.2, 0) is 17.2 Å². The van der Waals surface area contributed by atoms with Crippen molar-refractivity contribution in [2.75, 3.05) is 25.4 Å². The molecule has 0 aliphatic carbocycles. The van der Waals surface area contributed by atoms with Gasteiger partial charge in [-0.2, -0.15) is 0 Å². The summed E-state index contributed by atoms with van der Waals surface area (Å²) in [7, 11) is -0.908. The topological polar surface area (TPSA) is 53.5 Å². The Bertz CT molecular complexity index is 541. The first kappa shape index (κ1) is 19.6. The predicted molar refractivity (Wildman–Crippen MR) is 96.8 cm³/mol. The smallest absolute Gasteiger partial charge is 0.191 e. The SMILES string of the molecule is CCNC(=NCCS(=O)C(C)(C)C)NCCc1ccccc1F. The maximum absolute atomic E-state index is 13.6. The average Bonchev–Trinajstić information content (AvgIpc) is 2.48. The second kappa shape index (κ2) is 9.65. The fourth-order valence-corrected chi connectivity index (χ4v) is 2.77. The van der Waals surface area contributed by atoms with E-state index in [1.807, 2.05) is 33.8 Å². The highest BCUT2D eigenvalue weighted by atomic mass is 32.2. The number of hydrogen-bond acceptors (Lipinski definition) is 2. The van der Waals surface area contributed by atoms with Gasteiger partial charge in [-0.3, -0.25) is 9.20 Å². The molecule has 1 aromatic carbocycles. The number of aliphatic imine (C=N–C) groups is 1. The van der Waals surface area contributed by atoms with Crippen molar-refractivity contribution >= 4 is 16.8 Å². The molecule has 1 atom stereocenters. The molecule has 6 heteroatoms. The van der Waals surface area contributed by atoms with Gasteiger partial charge in [-0.25, -0.2) is 4.39 Å². The molecule has 1 unspecified atom stereocenters. The molecule has 0 spiro atoms. The summed E-state index contributed by atoms with van der Waals surface area (Å²) in [6.07, 6.45) is 0.588. The van der Waals surface area contributed by atoms with E-state index < -0.39 is 10.8 Å². The van der Waals surface area contributed by atoms with E-state index in [4.69, 9.17) is 0 Å². The lowest BCUT2D eigenvalue weighted by Crippen LogP contribution is -2.38. The van der Waals surface area contributed by atoms with Crippen molar-refractivity contribution in [3.8, 4) is 0 Å². The van der Waals surface area contributed by atoms with Gasteiger partial charge >= 0.3 is 0 Å². The number of nitrogens with one attached hydrogen (secondary N) is 2. The number of hydrogen-bond donors (Lipinski definition) is 2. The molecule has 0 aliphatic rings. The quantitative estimate of drug-likeness (QED) is 0.592. The van der Waals surface area contributed by atoms with Crippen molar-refractivity contribution in [2.45, 2.75) is 38.9 Å². The van der Waals surface area contributed by atoms with Gasteiger partial charge in [0.15, 0.2) is 5.96 Å². The summed E-state index contributed by atoms with van der Waals surface area (Å²) in [5.41, 5.74) is 0.685. The molecule has 0 amide bonds. The molecule has 0 heterocycles. The van der Waals surface area contributed by atoms with E-state index in [-0.39, 0.29) is 10.6 Å². The molecule has 0 fully saturated rings. The Morgan fingerprint density at radius 3 is 2.57 bits per heavy atom. The molecule has 0 saturated heterocycles. The monoisotopic (exact) mass is 341 g/mol. The van der Waals surface area contributed by atoms with Gasteiger partial charge in [0, 0.05) is 34.4 Å². The van der Waals surface area contributed by atoms with Crippen LogP contribution in [0.2, 0.25) is 0 Å². The summed E-state index contributed by atoms with van der Waals surface area (Å²) in [5, 5.41) is 6.32. The van der Waals surface area contributed by atoms with Gasteiger partial charge in [-0.15, -0.1) is 0 Å². The van der Waals surface area contributed by atoms with Gasteiger partial charge < -0.3 is 10.6 Å². The van der Waals surface area contributed by atoms with Crippen LogP contribution >= 0.6 is 0 Å². The minimum absolute atomic E-state index is 0.184. The molecule has 2 N–H and O–H groups in total. The van der Waals surface area contributed by atoms with Crippen LogP contribution in [-0.4, -0.2) is 40.3 Å². The van der Waals surface area contributed by atoms with Gasteiger partial charge in [-0.05, 0) is 45.7 Å². The highest BCUT2D eigenvalue weighted by Gasteiger charge is 2.18.